The zero-order valence-corrected chi connectivity index (χ0v) is 16.9. The van der Waals surface area contributed by atoms with Crippen molar-refractivity contribution in [1.29, 1.82) is 0 Å². The van der Waals surface area contributed by atoms with Crippen LogP contribution in [0.5, 0.6) is 0 Å². The van der Waals surface area contributed by atoms with E-state index in [0.29, 0.717) is 26.2 Å². The molecule has 1 aromatic heterocycles. The van der Waals surface area contributed by atoms with Crippen LogP contribution in [0.4, 0.5) is 5.82 Å². The first-order chi connectivity index (χ1) is 12.9. The summed E-state index contributed by atoms with van der Waals surface area (Å²) in [4.78, 5) is 21.1. The summed E-state index contributed by atoms with van der Waals surface area (Å²) in [6.07, 6.45) is 9.08. The highest BCUT2D eigenvalue weighted by Crippen LogP contribution is 2.24. The predicted octanol–water partition coefficient (Wildman–Crippen LogP) is 1.71. The van der Waals surface area contributed by atoms with Gasteiger partial charge in [0.25, 0.3) is 0 Å². The largest absolute Gasteiger partial charge is 0.353 e. The van der Waals surface area contributed by atoms with Crippen LogP contribution in [0.3, 0.4) is 0 Å². The Morgan fingerprint density at radius 1 is 1.11 bits per heavy atom. The molecule has 0 radical (unpaired) electrons. The van der Waals surface area contributed by atoms with Gasteiger partial charge in [0.05, 0.1) is 12.8 Å². The smallest absolute Gasteiger partial charge is 0.238 e. The first kappa shape index (κ1) is 20.1. The van der Waals surface area contributed by atoms with Gasteiger partial charge >= 0.3 is 0 Å². The molecule has 0 bridgehead atoms. The van der Waals surface area contributed by atoms with Crippen molar-refractivity contribution in [1.82, 2.24) is 14.2 Å². The number of hydrogen-bond donors (Lipinski definition) is 0. The van der Waals surface area contributed by atoms with Gasteiger partial charge in [-0.05, 0) is 25.0 Å². The summed E-state index contributed by atoms with van der Waals surface area (Å²) in [6.45, 7) is 2.58. The molecule has 3 rings (SSSR count). The van der Waals surface area contributed by atoms with E-state index in [1.807, 2.05) is 18.2 Å². The van der Waals surface area contributed by atoms with Gasteiger partial charge in [-0.2, -0.15) is 4.31 Å². The van der Waals surface area contributed by atoms with Gasteiger partial charge in [0.1, 0.15) is 5.82 Å². The first-order valence-corrected chi connectivity index (χ1v) is 11.7. The van der Waals surface area contributed by atoms with Gasteiger partial charge in [-0.1, -0.05) is 31.7 Å². The van der Waals surface area contributed by atoms with E-state index in [2.05, 4.69) is 9.88 Å². The van der Waals surface area contributed by atoms with Crippen LogP contribution in [0, 0.1) is 0 Å². The number of aromatic nitrogens is 1. The maximum atomic E-state index is 12.8. The third-order valence-electron chi connectivity index (χ3n) is 5.55. The third kappa shape index (κ3) is 5.42. The maximum absolute atomic E-state index is 12.8. The van der Waals surface area contributed by atoms with Crippen molar-refractivity contribution in [3.8, 4) is 0 Å². The Bertz CT molecular complexity index is 710. The van der Waals surface area contributed by atoms with E-state index in [-0.39, 0.29) is 18.5 Å². The highest BCUT2D eigenvalue weighted by Gasteiger charge is 2.31. The van der Waals surface area contributed by atoms with Crippen LogP contribution < -0.4 is 4.90 Å². The summed E-state index contributed by atoms with van der Waals surface area (Å²) in [7, 11) is -3.40. The molecule has 1 amide bonds. The molecule has 0 spiro atoms. The number of nitrogens with zero attached hydrogens (tertiary/aromatic N) is 4. The minimum atomic E-state index is -3.40. The molecule has 0 aromatic carbocycles. The number of anilines is 1. The van der Waals surface area contributed by atoms with E-state index in [1.165, 1.54) is 10.6 Å². The fraction of sp³-hybridized carbons (Fsp3) is 0.684. The average molecular weight is 395 g/mol. The van der Waals surface area contributed by atoms with E-state index in [4.69, 9.17) is 0 Å². The highest BCUT2D eigenvalue weighted by molar-refractivity contribution is 7.88. The molecule has 1 aliphatic carbocycles. The van der Waals surface area contributed by atoms with Gasteiger partial charge in [-0.3, -0.25) is 4.79 Å². The molecule has 1 saturated carbocycles. The van der Waals surface area contributed by atoms with Crippen molar-refractivity contribution >= 4 is 21.7 Å². The van der Waals surface area contributed by atoms with Gasteiger partial charge in [0, 0.05) is 38.4 Å². The van der Waals surface area contributed by atoms with Crippen LogP contribution in [0.25, 0.3) is 0 Å². The number of sulfonamides is 1. The Morgan fingerprint density at radius 3 is 2.33 bits per heavy atom. The minimum Gasteiger partial charge on any atom is -0.353 e. The SMILES string of the molecule is CS(=O)(=O)N(CC(=O)N1CCN(c2ccccn2)CC1)C1CCCCCC1. The van der Waals surface area contributed by atoms with Gasteiger partial charge < -0.3 is 9.80 Å². The lowest BCUT2D eigenvalue weighted by molar-refractivity contribution is -0.132. The Hall–Kier alpha value is -1.67. The van der Waals surface area contributed by atoms with Gasteiger partial charge in [0.2, 0.25) is 15.9 Å². The monoisotopic (exact) mass is 394 g/mol. The van der Waals surface area contributed by atoms with Crippen LogP contribution in [-0.2, 0) is 14.8 Å². The number of carbonyl (C=O) groups is 1. The Balaban J connectivity index is 1.59. The van der Waals surface area contributed by atoms with Crippen LogP contribution in [0.1, 0.15) is 38.5 Å². The van der Waals surface area contributed by atoms with Crippen LogP contribution in [-0.4, -0.2) is 73.5 Å². The lowest BCUT2D eigenvalue weighted by Crippen LogP contribution is -2.53. The number of piperazine rings is 1. The maximum Gasteiger partial charge on any atom is 0.238 e. The molecule has 1 aromatic rings. The Morgan fingerprint density at radius 2 is 1.78 bits per heavy atom. The van der Waals surface area contributed by atoms with Crippen molar-refractivity contribution in [2.75, 3.05) is 43.9 Å². The average Bonchev–Trinajstić information content (AvgIpc) is 2.95. The lowest BCUT2D eigenvalue weighted by atomic mass is 10.1. The second-order valence-electron chi connectivity index (χ2n) is 7.51. The van der Waals surface area contributed by atoms with Gasteiger partial charge in [-0.25, -0.2) is 13.4 Å². The minimum absolute atomic E-state index is 0.0346. The fourth-order valence-electron chi connectivity index (χ4n) is 4.02. The van der Waals surface area contributed by atoms with Crippen molar-refractivity contribution in [2.24, 2.45) is 0 Å². The molecule has 7 nitrogen and oxygen atoms in total. The molecule has 0 N–H and O–H groups in total. The molecule has 1 aliphatic heterocycles. The fourth-order valence-corrected chi connectivity index (χ4v) is 5.12. The summed E-state index contributed by atoms with van der Waals surface area (Å²) in [5, 5.41) is 0. The van der Waals surface area contributed by atoms with Crippen molar-refractivity contribution in [3.05, 3.63) is 24.4 Å². The Kier molecular flexibility index (Phi) is 6.70. The van der Waals surface area contributed by atoms with E-state index in [9.17, 15) is 13.2 Å². The van der Waals surface area contributed by atoms with Crippen molar-refractivity contribution < 1.29 is 13.2 Å². The molecular formula is C19H30N4O3S. The van der Waals surface area contributed by atoms with Crippen LogP contribution in [0.15, 0.2) is 24.4 Å². The molecule has 1 saturated heterocycles. The molecule has 2 fully saturated rings. The number of amides is 1. The topological polar surface area (TPSA) is 73.8 Å². The molecule has 0 unspecified atom stereocenters. The number of rotatable bonds is 5. The third-order valence-corrected chi connectivity index (χ3v) is 6.83. The lowest BCUT2D eigenvalue weighted by Gasteiger charge is -2.37. The van der Waals surface area contributed by atoms with E-state index >= 15 is 0 Å². The normalized spacial score (nSPS) is 19.9. The zero-order chi connectivity index (χ0) is 19.3. The molecule has 8 heteroatoms. The van der Waals surface area contributed by atoms with Crippen LogP contribution in [0.2, 0.25) is 0 Å². The Labute approximate surface area is 162 Å². The quantitative estimate of drug-likeness (QED) is 0.711. The molecule has 150 valence electrons. The standard InChI is InChI=1S/C19H30N4O3S/c1-27(25,26)23(17-8-4-2-3-5-9-17)16-19(24)22-14-12-21(13-15-22)18-10-6-7-11-20-18/h6-7,10-11,17H,2-5,8-9,12-16H2,1H3. The van der Waals surface area contributed by atoms with Crippen molar-refractivity contribution in [3.63, 3.8) is 0 Å². The molecule has 27 heavy (non-hydrogen) atoms. The summed E-state index contributed by atoms with van der Waals surface area (Å²) in [5.41, 5.74) is 0. The zero-order valence-electron chi connectivity index (χ0n) is 16.1. The summed E-state index contributed by atoms with van der Waals surface area (Å²) in [5.74, 6) is 0.825. The van der Waals surface area contributed by atoms with Crippen LogP contribution >= 0.6 is 0 Å². The molecule has 2 aliphatic rings. The van der Waals surface area contributed by atoms with Gasteiger partial charge in [-0.15, -0.1) is 0 Å². The summed E-state index contributed by atoms with van der Waals surface area (Å²) in [6, 6.07) is 5.77. The van der Waals surface area contributed by atoms with E-state index in [1.54, 1.807) is 11.1 Å². The second kappa shape index (κ2) is 9.01. The molecule has 2 heterocycles. The molecule has 0 atom stereocenters. The first-order valence-electron chi connectivity index (χ1n) is 9.86. The highest BCUT2D eigenvalue weighted by atomic mass is 32.2. The predicted molar refractivity (Wildman–Crippen MR) is 106 cm³/mol. The van der Waals surface area contributed by atoms with Gasteiger partial charge in [0.15, 0.2) is 0 Å². The van der Waals surface area contributed by atoms with E-state index in [0.717, 1.165) is 44.3 Å². The summed E-state index contributed by atoms with van der Waals surface area (Å²) >= 11 is 0. The molecular weight excluding hydrogens is 364 g/mol. The van der Waals surface area contributed by atoms with E-state index < -0.39 is 10.0 Å². The van der Waals surface area contributed by atoms with Crippen molar-refractivity contribution in [2.45, 2.75) is 44.6 Å². The number of hydrogen-bond acceptors (Lipinski definition) is 5. The number of carbonyl (C=O) groups excluding carboxylic acids is 1. The second-order valence-corrected chi connectivity index (χ2v) is 9.44. The summed E-state index contributed by atoms with van der Waals surface area (Å²) < 4.78 is 26.1. The number of pyridine rings is 1.